The van der Waals surface area contributed by atoms with Gasteiger partial charge in [-0.05, 0) is 41.0 Å². The Morgan fingerprint density at radius 3 is 1.93 bits per heavy atom. The van der Waals surface area contributed by atoms with E-state index in [1.807, 2.05) is 54.6 Å². The molecule has 0 heterocycles. The van der Waals surface area contributed by atoms with Gasteiger partial charge in [-0.2, -0.15) is 0 Å². The van der Waals surface area contributed by atoms with Crippen LogP contribution in [0.25, 0.3) is 0 Å². The van der Waals surface area contributed by atoms with Crippen molar-refractivity contribution in [1.82, 2.24) is 0 Å². The van der Waals surface area contributed by atoms with Gasteiger partial charge in [-0.25, -0.2) is 0 Å². The molecule has 0 amide bonds. The summed E-state index contributed by atoms with van der Waals surface area (Å²) in [6.45, 7) is 0.715. The Morgan fingerprint density at radius 2 is 1.37 bits per heavy atom. The topological polar surface area (TPSA) is 47.3 Å². The minimum absolute atomic E-state index is 0.265. The molecule has 0 saturated heterocycles. The summed E-state index contributed by atoms with van der Waals surface area (Å²) in [5, 5.41) is 3.33. The molecule has 0 aliphatic carbocycles. The second kappa shape index (κ2) is 8.14. The summed E-state index contributed by atoms with van der Waals surface area (Å²) in [6, 6.07) is 22.9. The third kappa shape index (κ3) is 5.49. The van der Waals surface area contributed by atoms with Gasteiger partial charge in [0.05, 0.1) is 6.04 Å². The van der Waals surface area contributed by atoms with E-state index in [-0.39, 0.29) is 5.75 Å². The molecule has 0 aliphatic rings. The molecular formula is C21H19F3N2O. The SMILES string of the molecule is N[C@H](c1ccc(NCc2ccccc2)cc1)c1ccc(OC(F)(F)F)cc1. The van der Waals surface area contributed by atoms with Gasteiger partial charge in [0.25, 0.3) is 0 Å². The molecule has 3 nitrogen and oxygen atoms in total. The van der Waals surface area contributed by atoms with E-state index in [0.717, 1.165) is 11.3 Å². The predicted octanol–water partition coefficient (Wildman–Crippen LogP) is 5.25. The van der Waals surface area contributed by atoms with Crippen LogP contribution in [-0.4, -0.2) is 6.36 Å². The van der Waals surface area contributed by atoms with Gasteiger partial charge in [0, 0.05) is 12.2 Å². The quantitative estimate of drug-likeness (QED) is 0.622. The van der Waals surface area contributed by atoms with Crippen molar-refractivity contribution >= 4 is 5.69 Å². The first kappa shape index (κ1) is 18.8. The van der Waals surface area contributed by atoms with Crippen molar-refractivity contribution in [2.75, 3.05) is 5.32 Å². The summed E-state index contributed by atoms with van der Waals surface area (Å²) in [7, 11) is 0. The molecular weight excluding hydrogens is 353 g/mol. The number of halogens is 3. The highest BCUT2D eigenvalue weighted by molar-refractivity contribution is 5.47. The van der Waals surface area contributed by atoms with Crippen LogP contribution in [-0.2, 0) is 6.54 Å². The fraction of sp³-hybridized carbons (Fsp3) is 0.143. The van der Waals surface area contributed by atoms with Crippen molar-refractivity contribution in [2.45, 2.75) is 18.9 Å². The first-order valence-electron chi connectivity index (χ1n) is 8.40. The molecule has 0 spiro atoms. The summed E-state index contributed by atoms with van der Waals surface area (Å²) in [4.78, 5) is 0. The van der Waals surface area contributed by atoms with Gasteiger partial charge in [-0.15, -0.1) is 13.2 Å². The first-order chi connectivity index (χ1) is 12.9. The Hall–Kier alpha value is -2.99. The monoisotopic (exact) mass is 372 g/mol. The fourth-order valence-corrected chi connectivity index (χ4v) is 2.68. The summed E-state index contributed by atoms with van der Waals surface area (Å²) in [5.74, 6) is -0.265. The number of rotatable bonds is 6. The van der Waals surface area contributed by atoms with Crippen LogP contribution in [0.3, 0.4) is 0 Å². The van der Waals surface area contributed by atoms with Gasteiger partial charge in [0.15, 0.2) is 0 Å². The second-order valence-electron chi connectivity index (χ2n) is 6.06. The maximum absolute atomic E-state index is 12.2. The summed E-state index contributed by atoms with van der Waals surface area (Å²) in [6.07, 6.45) is -4.70. The average molecular weight is 372 g/mol. The number of nitrogens with two attached hydrogens (primary N) is 1. The molecule has 0 unspecified atom stereocenters. The van der Waals surface area contributed by atoms with Crippen molar-refractivity contribution < 1.29 is 17.9 Å². The van der Waals surface area contributed by atoms with Crippen LogP contribution in [0, 0.1) is 0 Å². The molecule has 0 fully saturated rings. The second-order valence-corrected chi connectivity index (χ2v) is 6.06. The summed E-state index contributed by atoms with van der Waals surface area (Å²) < 4.78 is 40.5. The molecule has 3 aromatic rings. The van der Waals surface area contributed by atoms with Gasteiger partial charge in [-0.3, -0.25) is 0 Å². The molecule has 0 bridgehead atoms. The predicted molar refractivity (Wildman–Crippen MR) is 99.4 cm³/mol. The number of ether oxygens (including phenoxy) is 1. The maximum Gasteiger partial charge on any atom is 0.573 e. The van der Waals surface area contributed by atoms with Gasteiger partial charge in [-0.1, -0.05) is 54.6 Å². The van der Waals surface area contributed by atoms with E-state index in [4.69, 9.17) is 5.73 Å². The minimum Gasteiger partial charge on any atom is -0.406 e. The molecule has 0 aromatic heterocycles. The van der Waals surface area contributed by atoms with Crippen molar-refractivity contribution in [3.8, 4) is 5.75 Å². The van der Waals surface area contributed by atoms with Crippen molar-refractivity contribution in [3.63, 3.8) is 0 Å². The Labute approximate surface area is 155 Å². The van der Waals surface area contributed by atoms with E-state index in [1.54, 1.807) is 0 Å². The third-order valence-corrected chi connectivity index (χ3v) is 4.08. The molecule has 1 atom stereocenters. The van der Waals surface area contributed by atoms with E-state index in [9.17, 15) is 13.2 Å². The molecule has 3 N–H and O–H groups in total. The van der Waals surface area contributed by atoms with Gasteiger partial charge in [0.2, 0.25) is 0 Å². The van der Waals surface area contributed by atoms with Crippen LogP contribution in [0.1, 0.15) is 22.7 Å². The number of anilines is 1. The van der Waals surface area contributed by atoms with E-state index in [2.05, 4.69) is 10.1 Å². The Morgan fingerprint density at radius 1 is 0.815 bits per heavy atom. The minimum atomic E-state index is -4.70. The zero-order valence-corrected chi connectivity index (χ0v) is 14.4. The molecule has 3 aromatic carbocycles. The van der Waals surface area contributed by atoms with E-state index in [0.29, 0.717) is 12.1 Å². The van der Waals surface area contributed by atoms with Crippen LogP contribution in [0.2, 0.25) is 0 Å². The highest BCUT2D eigenvalue weighted by Crippen LogP contribution is 2.26. The fourth-order valence-electron chi connectivity index (χ4n) is 2.68. The van der Waals surface area contributed by atoms with Crippen LogP contribution in [0.15, 0.2) is 78.9 Å². The largest absolute Gasteiger partial charge is 0.573 e. The van der Waals surface area contributed by atoms with Crippen molar-refractivity contribution in [2.24, 2.45) is 5.73 Å². The van der Waals surface area contributed by atoms with Crippen LogP contribution >= 0.6 is 0 Å². The Bertz CT molecular complexity index is 847. The molecule has 0 radical (unpaired) electrons. The number of nitrogens with one attached hydrogen (secondary N) is 1. The highest BCUT2D eigenvalue weighted by Gasteiger charge is 2.31. The zero-order valence-electron chi connectivity index (χ0n) is 14.4. The molecule has 6 heteroatoms. The molecule has 0 saturated carbocycles. The van der Waals surface area contributed by atoms with E-state index in [1.165, 1.54) is 29.8 Å². The van der Waals surface area contributed by atoms with Gasteiger partial charge >= 0.3 is 6.36 Å². The maximum atomic E-state index is 12.2. The first-order valence-corrected chi connectivity index (χ1v) is 8.40. The summed E-state index contributed by atoms with van der Waals surface area (Å²) in [5.41, 5.74) is 9.94. The molecule has 140 valence electrons. The zero-order chi connectivity index (χ0) is 19.3. The Kier molecular flexibility index (Phi) is 5.66. The van der Waals surface area contributed by atoms with Crippen LogP contribution in [0.5, 0.6) is 5.75 Å². The standard InChI is InChI=1S/C21H19F3N2O/c22-21(23,24)27-19-12-8-17(9-13-19)20(25)16-6-10-18(11-7-16)26-14-15-4-2-1-3-5-15/h1-13,20,26H,14,25H2/t20-/m1/s1. The number of hydrogen-bond donors (Lipinski definition) is 2. The van der Waals surface area contributed by atoms with Crippen LogP contribution < -0.4 is 15.8 Å². The number of hydrogen-bond acceptors (Lipinski definition) is 3. The lowest BCUT2D eigenvalue weighted by Gasteiger charge is -2.15. The van der Waals surface area contributed by atoms with E-state index < -0.39 is 12.4 Å². The van der Waals surface area contributed by atoms with E-state index >= 15 is 0 Å². The van der Waals surface area contributed by atoms with Gasteiger partial charge < -0.3 is 15.8 Å². The lowest BCUT2D eigenvalue weighted by molar-refractivity contribution is -0.274. The Balaban J connectivity index is 1.62. The average Bonchev–Trinajstić information content (AvgIpc) is 2.66. The number of alkyl halides is 3. The molecule has 27 heavy (non-hydrogen) atoms. The van der Waals surface area contributed by atoms with Crippen molar-refractivity contribution in [3.05, 3.63) is 95.6 Å². The summed E-state index contributed by atoms with van der Waals surface area (Å²) >= 11 is 0. The third-order valence-electron chi connectivity index (χ3n) is 4.08. The highest BCUT2D eigenvalue weighted by atomic mass is 19.4. The van der Waals surface area contributed by atoms with Crippen molar-refractivity contribution in [1.29, 1.82) is 0 Å². The van der Waals surface area contributed by atoms with Crippen LogP contribution in [0.4, 0.5) is 18.9 Å². The normalized spacial score (nSPS) is 12.4. The number of benzene rings is 3. The smallest absolute Gasteiger partial charge is 0.406 e. The lowest BCUT2D eigenvalue weighted by atomic mass is 9.99. The molecule has 0 aliphatic heterocycles. The lowest BCUT2D eigenvalue weighted by Crippen LogP contribution is -2.17. The molecule has 3 rings (SSSR count). The van der Waals surface area contributed by atoms with Gasteiger partial charge in [0.1, 0.15) is 5.75 Å².